The van der Waals surface area contributed by atoms with Gasteiger partial charge in [-0.25, -0.2) is 0 Å². The summed E-state index contributed by atoms with van der Waals surface area (Å²) < 4.78 is 12.2. The smallest absolute Gasteiger partial charge is 0.192 e. The van der Waals surface area contributed by atoms with Crippen molar-refractivity contribution in [2.45, 2.75) is 64.1 Å². The van der Waals surface area contributed by atoms with Gasteiger partial charge in [0.2, 0.25) is 0 Å². The summed E-state index contributed by atoms with van der Waals surface area (Å²) in [5.41, 5.74) is 1.26. The molecule has 19 heavy (non-hydrogen) atoms. The zero-order valence-corrected chi connectivity index (χ0v) is 13.9. The second kappa shape index (κ2) is 5.04. The van der Waals surface area contributed by atoms with Crippen LogP contribution in [-0.2, 0) is 9.16 Å². The van der Waals surface area contributed by atoms with Crippen molar-refractivity contribution in [1.29, 1.82) is 0 Å². The molecular weight excluding hydrogens is 252 g/mol. The number of hydrogen-bond acceptors (Lipinski definition) is 2. The molecule has 1 fully saturated rings. The fraction of sp³-hybridized carbons (Fsp3) is 0.625. The van der Waals surface area contributed by atoms with E-state index >= 15 is 0 Å². The first-order valence-electron chi connectivity index (χ1n) is 7.10. The van der Waals surface area contributed by atoms with Gasteiger partial charge < -0.3 is 9.16 Å². The molecule has 0 spiro atoms. The van der Waals surface area contributed by atoms with Crippen molar-refractivity contribution in [3.05, 3.63) is 35.9 Å². The number of hydrogen-bond donors (Lipinski definition) is 0. The van der Waals surface area contributed by atoms with Crippen molar-refractivity contribution in [2.24, 2.45) is 0 Å². The van der Waals surface area contributed by atoms with E-state index in [4.69, 9.17) is 9.16 Å². The average Bonchev–Trinajstić information content (AvgIpc) is 3.08. The summed E-state index contributed by atoms with van der Waals surface area (Å²) in [7, 11) is -1.70. The van der Waals surface area contributed by atoms with E-state index in [9.17, 15) is 0 Å². The van der Waals surface area contributed by atoms with Crippen molar-refractivity contribution in [2.75, 3.05) is 0 Å². The van der Waals surface area contributed by atoms with Gasteiger partial charge in [0.1, 0.15) is 12.2 Å². The van der Waals surface area contributed by atoms with Gasteiger partial charge in [-0.05, 0) is 30.6 Å². The first-order valence-corrected chi connectivity index (χ1v) is 10.0. The molecule has 2 nitrogen and oxygen atoms in total. The van der Waals surface area contributed by atoms with Gasteiger partial charge in [0, 0.05) is 0 Å². The normalized spacial score (nSPS) is 25.2. The fourth-order valence-electron chi connectivity index (χ4n) is 2.10. The van der Waals surface area contributed by atoms with Crippen molar-refractivity contribution >= 4 is 8.32 Å². The van der Waals surface area contributed by atoms with Gasteiger partial charge in [-0.15, -0.1) is 0 Å². The lowest BCUT2D eigenvalue weighted by atomic mass is 10.1. The standard InChI is InChI=1S/C16H26O2Si/c1-12(18-19(5,6)16(2,3)4)14-15(17-14)13-10-8-7-9-11-13/h7-12,14-15H,1-6H3/t12-,14+,15-/m0/s1. The summed E-state index contributed by atoms with van der Waals surface area (Å²) >= 11 is 0. The van der Waals surface area contributed by atoms with Gasteiger partial charge >= 0.3 is 0 Å². The summed E-state index contributed by atoms with van der Waals surface area (Å²) in [6.07, 6.45) is 0.614. The maximum atomic E-state index is 6.39. The Hall–Kier alpha value is -0.643. The van der Waals surface area contributed by atoms with Crippen LogP contribution >= 0.6 is 0 Å². The molecule has 0 saturated carbocycles. The molecule has 0 bridgehead atoms. The van der Waals surface area contributed by atoms with Crippen LogP contribution in [0.3, 0.4) is 0 Å². The Kier molecular flexibility index (Phi) is 3.91. The molecule has 106 valence electrons. The van der Waals surface area contributed by atoms with Crippen molar-refractivity contribution in [3.8, 4) is 0 Å². The van der Waals surface area contributed by atoms with E-state index in [-0.39, 0.29) is 23.4 Å². The van der Waals surface area contributed by atoms with Gasteiger partial charge in [-0.3, -0.25) is 0 Å². The van der Waals surface area contributed by atoms with Gasteiger partial charge in [0.25, 0.3) is 0 Å². The molecular formula is C16H26O2Si. The largest absolute Gasteiger partial charge is 0.411 e. The molecule has 0 aliphatic carbocycles. The quantitative estimate of drug-likeness (QED) is 0.596. The lowest BCUT2D eigenvalue weighted by Crippen LogP contribution is -2.44. The Morgan fingerprint density at radius 1 is 1.16 bits per heavy atom. The van der Waals surface area contributed by atoms with Crippen LogP contribution in [0.4, 0.5) is 0 Å². The molecule has 1 heterocycles. The molecule has 0 N–H and O–H groups in total. The van der Waals surface area contributed by atoms with Crippen LogP contribution in [0, 0.1) is 0 Å². The van der Waals surface area contributed by atoms with Crippen LogP contribution < -0.4 is 0 Å². The van der Waals surface area contributed by atoms with E-state index in [0.717, 1.165) is 0 Å². The van der Waals surface area contributed by atoms with Gasteiger partial charge in [-0.1, -0.05) is 51.1 Å². The van der Waals surface area contributed by atoms with E-state index in [1.54, 1.807) is 0 Å². The highest BCUT2D eigenvalue weighted by molar-refractivity contribution is 6.74. The van der Waals surface area contributed by atoms with Crippen molar-refractivity contribution in [1.82, 2.24) is 0 Å². The molecule has 1 aromatic carbocycles. The van der Waals surface area contributed by atoms with Crippen molar-refractivity contribution < 1.29 is 9.16 Å². The second-order valence-corrected chi connectivity index (χ2v) is 11.8. The van der Waals surface area contributed by atoms with E-state index in [1.807, 2.05) is 6.07 Å². The minimum Gasteiger partial charge on any atom is -0.411 e. The Morgan fingerprint density at radius 2 is 1.74 bits per heavy atom. The minimum atomic E-state index is -1.70. The molecule has 0 aromatic heterocycles. The molecule has 3 atom stereocenters. The zero-order valence-electron chi connectivity index (χ0n) is 12.9. The molecule has 0 radical (unpaired) electrons. The van der Waals surface area contributed by atoms with Gasteiger partial charge in [0.15, 0.2) is 8.32 Å². The summed E-state index contributed by atoms with van der Waals surface area (Å²) in [6, 6.07) is 10.4. The molecule has 3 heteroatoms. The van der Waals surface area contributed by atoms with Crippen LogP contribution in [0.15, 0.2) is 30.3 Å². The summed E-state index contributed by atoms with van der Waals surface area (Å²) in [5, 5.41) is 0.248. The lowest BCUT2D eigenvalue weighted by Gasteiger charge is -2.38. The molecule has 1 saturated heterocycles. The highest BCUT2D eigenvalue weighted by Crippen LogP contribution is 2.44. The Balaban J connectivity index is 1.95. The molecule has 1 aliphatic heterocycles. The van der Waals surface area contributed by atoms with E-state index in [1.165, 1.54) is 5.56 Å². The van der Waals surface area contributed by atoms with Crippen LogP contribution in [-0.4, -0.2) is 20.5 Å². The monoisotopic (exact) mass is 278 g/mol. The van der Waals surface area contributed by atoms with Crippen molar-refractivity contribution in [3.63, 3.8) is 0 Å². The minimum absolute atomic E-state index is 0.172. The van der Waals surface area contributed by atoms with Gasteiger partial charge in [0.05, 0.1) is 6.10 Å². The Labute approximate surface area is 118 Å². The zero-order chi connectivity index (χ0) is 14.3. The number of rotatable bonds is 4. The highest BCUT2D eigenvalue weighted by Gasteiger charge is 2.48. The van der Waals surface area contributed by atoms with Gasteiger partial charge in [-0.2, -0.15) is 0 Å². The average molecular weight is 278 g/mol. The number of epoxide rings is 1. The summed E-state index contributed by atoms with van der Waals surface area (Å²) in [6.45, 7) is 13.6. The summed E-state index contributed by atoms with van der Waals surface area (Å²) in [5.74, 6) is 0. The number of benzene rings is 1. The highest BCUT2D eigenvalue weighted by atomic mass is 28.4. The lowest BCUT2D eigenvalue weighted by molar-refractivity contribution is 0.159. The maximum Gasteiger partial charge on any atom is 0.192 e. The predicted molar refractivity (Wildman–Crippen MR) is 81.8 cm³/mol. The first kappa shape index (κ1) is 14.8. The predicted octanol–water partition coefficient (Wildman–Crippen LogP) is 4.54. The molecule has 0 amide bonds. The molecule has 1 aromatic rings. The molecule has 0 unspecified atom stereocenters. The second-order valence-electron chi connectivity index (χ2n) is 7.02. The SMILES string of the molecule is C[C@H](O[Si](C)(C)C(C)(C)C)[C@H]1O[C@H]1c1ccccc1. The maximum absolute atomic E-state index is 6.39. The van der Waals surface area contributed by atoms with Crippen LogP contribution in [0.2, 0.25) is 18.1 Å². The third kappa shape index (κ3) is 3.27. The number of ether oxygens (including phenoxy) is 1. The first-order chi connectivity index (χ1) is 8.72. The Morgan fingerprint density at radius 3 is 2.26 bits per heavy atom. The van der Waals surface area contributed by atoms with Crippen LogP contribution in [0.5, 0.6) is 0 Å². The Bertz CT molecular complexity index is 422. The summed E-state index contributed by atoms with van der Waals surface area (Å²) in [4.78, 5) is 0. The van der Waals surface area contributed by atoms with Crippen LogP contribution in [0.1, 0.15) is 39.4 Å². The third-order valence-corrected chi connectivity index (χ3v) is 8.98. The topological polar surface area (TPSA) is 21.8 Å². The van der Waals surface area contributed by atoms with E-state index in [0.29, 0.717) is 0 Å². The third-order valence-electron chi connectivity index (χ3n) is 4.40. The molecule has 1 aliphatic rings. The van der Waals surface area contributed by atoms with E-state index in [2.05, 4.69) is 65.1 Å². The fourth-order valence-corrected chi connectivity index (χ4v) is 3.52. The van der Waals surface area contributed by atoms with E-state index < -0.39 is 8.32 Å². The van der Waals surface area contributed by atoms with Crippen LogP contribution in [0.25, 0.3) is 0 Å². The molecule has 2 rings (SSSR count).